The Morgan fingerprint density at radius 1 is 1.29 bits per heavy atom. The number of methoxy groups -OCH3 is 1. The van der Waals surface area contributed by atoms with Crippen molar-refractivity contribution in [1.82, 2.24) is 10.6 Å². The van der Waals surface area contributed by atoms with Gasteiger partial charge in [-0.1, -0.05) is 6.07 Å². The van der Waals surface area contributed by atoms with Crippen LogP contribution in [-0.2, 0) is 6.54 Å². The highest BCUT2D eigenvalue weighted by Crippen LogP contribution is 2.28. The van der Waals surface area contributed by atoms with Gasteiger partial charge in [-0.25, -0.2) is 4.99 Å². The lowest BCUT2D eigenvalue weighted by molar-refractivity contribution is 0.310. The fourth-order valence-electron chi connectivity index (χ4n) is 2.00. The van der Waals surface area contributed by atoms with Gasteiger partial charge in [-0.2, -0.15) is 0 Å². The zero-order valence-electron chi connectivity index (χ0n) is 13.1. The number of ether oxygens (including phenoxy) is 2. The Morgan fingerprint density at radius 3 is 2.71 bits per heavy atom. The molecule has 0 heterocycles. The van der Waals surface area contributed by atoms with Crippen molar-refractivity contribution in [3.63, 3.8) is 0 Å². The van der Waals surface area contributed by atoms with E-state index in [0.29, 0.717) is 19.2 Å². The van der Waals surface area contributed by atoms with Crippen LogP contribution in [0, 0.1) is 0 Å². The summed E-state index contributed by atoms with van der Waals surface area (Å²) in [7, 11) is 1.66. The van der Waals surface area contributed by atoms with E-state index in [1.54, 1.807) is 7.11 Å². The Hall–Kier alpha value is -1.91. The summed E-state index contributed by atoms with van der Waals surface area (Å²) >= 11 is 0. The molecule has 0 unspecified atom stereocenters. The molecule has 5 nitrogen and oxygen atoms in total. The third-order valence-corrected chi connectivity index (χ3v) is 3.21. The minimum Gasteiger partial charge on any atom is -0.493 e. The highest BCUT2D eigenvalue weighted by molar-refractivity contribution is 5.80. The Labute approximate surface area is 126 Å². The predicted molar refractivity (Wildman–Crippen MR) is 85.1 cm³/mol. The quantitative estimate of drug-likeness (QED) is 0.598. The van der Waals surface area contributed by atoms with Gasteiger partial charge in [0, 0.05) is 12.6 Å². The maximum atomic E-state index is 5.52. The van der Waals surface area contributed by atoms with Gasteiger partial charge < -0.3 is 20.1 Å². The van der Waals surface area contributed by atoms with E-state index in [1.165, 1.54) is 12.8 Å². The van der Waals surface area contributed by atoms with Gasteiger partial charge in [0.1, 0.15) is 0 Å². The third-order valence-electron chi connectivity index (χ3n) is 3.21. The second-order valence-corrected chi connectivity index (χ2v) is 5.03. The molecule has 21 heavy (non-hydrogen) atoms. The smallest absolute Gasteiger partial charge is 0.191 e. The number of nitrogens with one attached hydrogen (secondary N) is 2. The predicted octanol–water partition coefficient (Wildman–Crippen LogP) is 2.31. The summed E-state index contributed by atoms with van der Waals surface area (Å²) in [5, 5.41) is 6.67. The summed E-state index contributed by atoms with van der Waals surface area (Å²) in [5.41, 5.74) is 1.10. The normalized spacial score (nSPS) is 14.7. The second kappa shape index (κ2) is 7.76. The maximum absolute atomic E-state index is 5.52. The first-order valence-electron chi connectivity index (χ1n) is 7.61. The van der Waals surface area contributed by atoms with Gasteiger partial charge in [0.05, 0.1) is 20.3 Å². The maximum Gasteiger partial charge on any atom is 0.191 e. The largest absolute Gasteiger partial charge is 0.493 e. The van der Waals surface area contributed by atoms with Crippen LogP contribution in [0.1, 0.15) is 32.3 Å². The summed E-state index contributed by atoms with van der Waals surface area (Å²) in [6, 6.07) is 6.54. The Kier molecular flexibility index (Phi) is 5.72. The topological polar surface area (TPSA) is 54.9 Å². The van der Waals surface area contributed by atoms with E-state index in [1.807, 2.05) is 25.1 Å². The molecule has 0 amide bonds. The molecule has 0 bridgehead atoms. The van der Waals surface area contributed by atoms with E-state index in [9.17, 15) is 0 Å². The summed E-state index contributed by atoms with van der Waals surface area (Å²) in [4.78, 5) is 4.61. The molecule has 0 aromatic heterocycles. The van der Waals surface area contributed by atoms with Crippen LogP contribution in [0.15, 0.2) is 23.2 Å². The van der Waals surface area contributed by atoms with E-state index < -0.39 is 0 Å². The van der Waals surface area contributed by atoms with E-state index in [4.69, 9.17) is 9.47 Å². The van der Waals surface area contributed by atoms with Crippen LogP contribution in [0.4, 0.5) is 0 Å². The van der Waals surface area contributed by atoms with Gasteiger partial charge in [0.2, 0.25) is 0 Å². The highest BCUT2D eigenvalue weighted by Gasteiger charge is 2.22. The summed E-state index contributed by atoms with van der Waals surface area (Å²) in [5.74, 6) is 2.41. The third kappa shape index (κ3) is 4.85. The number of guanidine groups is 1. The molecule has 2 N–H and O–H groups in total. The van der Waals surface area contributed by atoms with Crippen LogP contribution >= 0.6 is 0 Å². The van der Waals surface area contributed by atoms with Gasteiger partial charge in [-0.3, -0.25) is 0 Å². The molecule has 1 aliphatic rings. The van der Waals surface area contributed by atoms with Crippen molar-refractivity contribution in [2.75, 3.05) is 20.3 Å². The molecule has 1 fully saturated rings. The van der Waals surface area contributed by atoms with Crippen molar-refractivity contribution in [3.05, 3.63) is 23.8 Å². The fraction of sp³-hybridized carbons (Fsp3) is 0.562. The van der Waals surface area contributed by atoms with Crippen molar-refractivity contribution in [3.8, 4) is 11.5 Å². The molecule has 1 aliphatic carbocycles. The molecular formula is C16H25N3O2. The number of hydrogen-bond acceptors (Lipinski definition) is 3. The van der Waals surface area contributed by atoms with Crippen LogP contribution < -0.4 is 20.1 Å². The van der Waals surface area contributed by atoms with Crippen molar-refractivity contribution in [2.24, 2.45) is 4.99 Å². The Bertz CT molecular complexity index is 484. The second-order valence-electron chi connectivity index (χ2n) is 5.03. The Balaban J connectivity index is 2.02. The highest BCUT2D eigenvalue weighted by atomic mass is 16.5. The first-order chi connectivity index (χ1) is 10.3. The lowest BCUT2D eigenvalue weighted by Crippen LogP contribution is -2.38. The minimum absolute atomic E-state index is 0.595. The minimum atomic E-state index is 0.595. The van der Waals surface area contributed by atoms with E-state index in [-0.39, 0.29) is 0 Å². The Morgan fingerprint density at radius 2 is 2.10 bits per heavy atom. The summed E-state index contributed by atoms with van der Waals surface area (Å²) in [6.45, 7) is 6.15. The van der Waals surface area contributed by atoms with Crippen molar-refractivity contribution in [2.45, 2.75) is 39.3 Å². The molecular weight excluding hydrogens is 266 g/mol. The first kappa shape index (κ1) is 15.5. The zero-order chi connectivity index (χ0) is 15.1. The lowest BCUT2D eigenvalue weighted by atomic mass is 10.2. The first-order valence-corrected chi connectivity index (χ1v) is 7.61. The molecule has 1 aromatic carbocycles. The molecule has 0 spiro atoms. The summed E-state index contributed by atoms with van der Waals surface area (Å²) < 4.78 is 10.9. The number of hydrogen-bond donors (Lipinski definition) is 2. The fourth-order valence-corrected chi connectivity index (χ4v) is 2.00. The van der Waals surface area contributed by atoms with E-state index in [0.717, 1.165) is 29.6 Å². The van der Waals surface area contributed by atoms with Gasteiger partial charge in [0.15, 0.2) is 17.5 Å². The van der Waals surface area contributed by atoms with Crippen LogP contribution in [0.5, 0.6) is 11.5 Å². The molecule has 5 heteroatoms. The molecule has 2 rings (SSSR count). The average molecular weight is 291 g/mol. The number of benzene rings is 1. The SMILES string of the molecule is CCNC(=NCc1ccc(OCC)c(OC)c1)NC1CC1. The molecule has 0 radical (unpaired) electrons. The monoisotopic (exact) mass is 291 g/mol. The van der Waals surface area contributed by atoms with Crippen molar-refractivity contribution in [1.29, 1.82) is 0 Å². The van der Waals surface area contributed by atoms with E-state index >= 15 is 0 Å². The van der Waals surface area contributed by atoms with Crippen LogP contribution in [-0.4, -0.2) is 32.3 Å². The van der Waals surface area contributed by atoms with Gasteiger partial charge in [0.25, 0.3) is 0 Å². The van der Waals surface area contributed by atoms with Gasteiger partial charge in [-0.05, 0) is 44.4 Å². The summed E-state index contributed by atoms with van der Waals surface area (Å²) in [6.07, 6.45) is 2.47. The van der Waals surface area contributed by atoms with Gasteiger partial charge >= 0.3 is 0 Å². The number of nitrogens with zero attached hydrogens (tertiary/aromatic N) is 1. The van der Waals surface area contributed by atoms with Crippen LogP contribution in [0.25, 0.3) is 0 Å². The molecule has 0 saturated heterocycles. The zero-order valence-corrected chi connectivity index (χ0v) is 13.1. The molecule has 0 atom stereocenters. The number of rotatable bonds is 7. The van der Waals surface area contributed by atoms with Crippen molar-refractivity contribution < 1.29 is 9.47 Å². The molecule has 116 valence electrons. The molecule has 1 saturated carbocycles. The van der Waals surface area contributed by atoms with E-state index in [2.05, 4.69) is 22.5 Å². The average Bonchev–Trinajstić information content (AvgIpc) is 3.30. The lowest BCUT2D eigenvalue weighted by Gasteiger charge is -2.12. The number of aliphatic imine (C=N–C) groups is 1. The molecule has 0 aliphatic heterocycles. The van der Waals surface area contributed by atoms with Crippen LogP contribution in [0.3, 0.4) is 0 Å². The standard InChI is InChI=1S/C16H25N3O2/c1-4-17-16(19-13-7-8-13)18-11-12-6-9-14(21-5-2)15(10-12)20-3/h6,9-10,13H,4-5,7-8,11H2,1-3H3,(H2,17,18,19). The van der Waals surface area contributed by atoms with Gasteiger partial charge in [-0.15, -0.1) is 0 Å². The van der Waals surface area contributed by atoms with Crippen LogP contribution in [0.2, 0.25) is 0 Å². The molecule has 1 aromatic rings. The van der Waals surface area contributed by atoms with Crippen molar-refractivity contribution >= 4 is 5.96 Å².